The first-order valence-corrected chi connectivity index (χ1v) is 8.31. The Balaban J connectivity index is 1.52. The minimum absolute atomic E-state index is 0.176. The number of thiazole rings is 1. The fourth-order valence-electron chi connectivity index (χ4n) is 3.05. The molecule has 1 aliphatic heterocycles. The van der Waals surface area contributed by atoms with Gasteiger partial charge >= 0.3 is 0 Å². The summed E-state index contributed by atoms with van der Waals surface area (Å²) in [5, 5.41) is 6.25. The summed E-state index contributed by atoms with van der Waals surface area (Å²) in [4.78, 5) is 18.9. The molecule has 1 fully saturated rings. The Labute approximate surface area is 123 Å². The molecule has 2 aliphatic rings. The molecule has 1 amide bonds. The van der Waals surface area contributed by atoms with Crippen LogP contribution < -0.4 is 10.2 Å². The quantitative estimate of drug-likeness (QED) is 0.867. The standard InChI is InChI=1S/C15H21N3OS/c19-14(12-5-2-1-3-6-12)17-11-13-7-4-9-18(13)15-16-8-10-20-15/h1-2,8,10,12-13H,3-7,9,11H2,(H,17,19)/t12-,13-/m0/s1. The highest BCUT2D eigenvalue weighted by Crippen LogP contribution is 2.27. The van der Waals surface area contributed by atoms with Gasteiger partial charge in [0.05, 0.1) is 0 Å². The first-order valence-electron chi connectivity index (χ1n) is 7.43. The zero-order valence-corrected chi connectivity index (χ0v) is 12.4. The average molecular weight is 291 g/mol. The number of allylic oxidation sites excluding steroid dienone is 2. The third-order valence-corrected chi connectivity index (χ3v) is 5.00. The van der Waals surface area contributed by atoms with E-state index in [1.165, 1.54) is 6.42 Å². The minimum Gasteiger partial charge on any atom is -0.354 e. The van der Waals surface area contributed by atoms with Crippen LogP contribution >= 0.6 is 11.3 Å². The first kappa shape index (κ1) is 13.6. The van der Waals surface area contributed by atoms with Gasteiger partial charge in [-0.1, -0.05) is 12.2 Å². The predicted molar refractivity (Wildman–Crippen MR) is 82.0 cm³/mol. The van der Waals surface area contributed by atoms with Crippen LogP contribution in [0.4, 0.5) is 5.13 Å². The lowest BCUT2D eigenvalue weighted by atomic mass is 9.93. The summed E-state index contributed by atoms with van der Waals surface area (Å²) in [5.74, 6) is 0.398. The normalized spacial score (nSPS) is 25.9. The van der Waals surface area contributed by atoms with Crippen molar-refractivity contribution in [1.29, 1.82) is 0 Å². The van der Waals surface area contributed by atoms with Crippen molar-refractivity contribution in [1.82, 2.24) is 10.3 Å². The van der Waals surface area contributed by atoms with E-state index in [1.54, 1.807) is 11.3 Å². The Morgan fingerprint density at radius 1 is 1.45 bits per heavy atom. The highest BCUT2D eigenvalue weighted by molar-refractivity contribution is 7.13. The van der Waals surface area contributed by atoms with E-state index in [-0.39, 0.29) is 11.8 Å². The maximum atomic E-state index is 12.2. The maximum Gasteiger partial charge on any atom is 0.223 e. The summed E-state index contributed by atoms with van der Waals surface area (Å²) < 4.78 is 0. The molecule has 0 saturated carbocycles. The first-order chi connectivity index (χ1) is 9.84. The van der Waals surface area contributed by atoms with Gasteiger partial charge in [-0.2, -0.15) is 0 Å². The van der Waals surface area contributed by atoms with Crippen LogP contribution in [0.1, 0.15) is 32.1 Å². The van der Waals surface area contributed by atoms with Crippen molar-refractivity contribution in [2.45, 2.75) is 38.1 Å². The molecular formula is C15H21N3OS. The third-order valence-electron chi connectivity index (χ3n) is 4.19. The van der Waals surface area contributed by atoms with E-state index in [1.807, 2.05) is 11.6 Å². The number of rotatable bonds is 4. The Morgan fingerprint density at radius 2 is 2.40 bits per heavy atom. The van der Waals surface area contributed by atoms with Crippen molar-refractivity contribution in [3.63, 3.8) is 0 Å². The van der Waals surface area contributed by atoms with Gasteiger partial charge in [0.25, 0.3) is 0 Å². The summed E-state index contributed by atoms with van der Waals surface area (Å²) >= 11 is 1.68. The van der Waals surface area contributed by atoms with Crippen molar-refractivity contribution in [2.75, 3.05) is 18.0 Å². The van der Waals surface area contributed by atoms with Gasteiger partial charge in [0.2, 0.25) is 5.91 Å². The largest absolute Gasteiger partial charge is 0.354 e. The molecule has 0 bridgehead atoms. The lowest BCUT2D eigenvalue weighted by Crippen LogP contribution is -2.42. The van der Waals surface area contributed by atoms with Gasteiger partial charge in [0.15, 0.2) is 5.13 Å². The molecular weight excluding hydrogens is 270 g/mol. The second-order valence-electron chi connectivity index (χ2n) is 5.53. The topological polar surface area (TPSA) is 45.2 Å². The third kappa shape index (κ3) is 3.03. The zero-order valence-electron chi connectivity index (χ0n) is 11.6. The van der Waals surface area contributed by atoms with Crippen LogP contribution in [0, 0.1) is 5.92 Å². The fraction of sp³-hybridized carbons (Fsp3) is 0.600. The number of nitrogens with zero attached hydrogens (tertiary/aromatic N) is 2. The van der Waals surface area contributed by atoms with Gasteiger partial charge in [-0.3, -0.25) is 4.79 Å². The van der Waals surface area contributed by atoms with E-state index in [2.05, 4.69) is 27.4 Å². The number of hydrogen-bond acceptors (Lipinski definition) is 4. The maximum absolute atomic E-state index is 12.2. The smallest absolute Gasteiger partial charge is 0.223 e. The van der Waals surface area contributed by atoms with Crippen LogP contribution in [0.5, 0.6) is 0 Å². The number of carbonyl (C=O) groups excluding carboxylic acids is 1. The molecule has 3 rings (SSSR count). The van der Waals surface area contributed by atoms with E-state index in [0.717, 1.165) is 43.9 Å². The van der Waals surface area contributed by atoms with Gasteiger partial charge in [0.1, 0.15) is 0 Å². The lowest BCUT2D eigenvalue weighted by Gasteiger charge is -2.25. The number of carbonyl (C=O) groups is 1. The number of anilines is 1. The second kappa shape index (κ2) is 6.39. The van der Waals surface area contributed by atoms with Gasteiger partial charge in [-0.25, -0.2) is 4.98 Å². The van der Waals surface area contributed by atoms with Crippen LogP contribution in [-0.2, 0) is 4.79 Å². The van der Waals surface area contributed by atoms with Crippen molar-refractivity contribution < 1.29 is 4.79 Å². The number of nitrogens with one attached hydrogen (secondary N) is 1. The number of amides is 1. The van der Waals surface area contributed by atoms with E-state index in [0.29, 0.717) is 6.04 Å². The molecule has 0 aromatic carbocycles. The van der Waals surface area contributed by atoms with Gasteiger partial charge < -0.3 is 10.2 Å². The Morgan fingerprint density at radius 3 is 3.15 bits per heavy atom. The second-order valence-corrected chi connectivity index (χ2v) is 6.40. The summed E-state index contributed by atoms with van der Waals surface area (Å²) in [6.45, 7) is 1.80. The van der Waals surface area contributed by atoms with E-state index in [9.17, 15) is 4.79 Å². The number of hydrogen-bond donors (Lipinski definition) is 1. The van der Waals surface area contributed by atoms with E-state index in [4.69, 9.17) is 0 Å². The van der Waals surface area contributed by atoms with Crippen LogP contribution in [0.3, 0.4) is 0 Å². The molecule has 0 unspecified atom stereocenters. The Hall–Kier alpha value is -1.36. The van der Waals surface area contributed by atoms with Crippen molar-refractivity contribution in [3.8, 4) is 0 Å². The summed E-state index contributed by atoms with van der Waals surface area (Å²) in [6, 6.07) is 0.407. The molecule has 108 valence electrons. The molecule has 2 heterocycles. The molecule has 20 heavy (non-hydrogen) atoms. The molecule has 4 nitrogen and oxygen atoms in total. The molecule has 1 aromatic rings. The SMILES string of the molecule is O=C(NC[C@@H]1CCCN1c1nccs1)[C@H]1CC=CCC1. The summed E-state index contributed by atoms with van der Waals surface area (Å²) in [5.41, 5.74) is 0. The Bertz CT molecular complexity index is 471. The molecule has 0 radical (unpaired) electrons. The predicted octanol–water partition coefficient (Wildman–Crippen LogP) is 2.58. The van der Waals surface area contributed by atoms with Crippen LogP contribution in [-0.4, -0.2) is 30.0 Å². The summed E-state index contributed by atoms with van der Waals surface area (Å²) in [7, 11) is 0. The highest BCUT2D eigenvalue weighted by Gasteiger charge is 2.27. The van der Waals surface area contributed by atoms with Crippen molar-refractivity contribution >= 4 is 22.4 Å². The van der Waals surface area contributed by atoms with Crippen LogP contribution in [0.25, 0.3) is 0 Å². The lowest BCUT2D eigenvalue weighted by molar-refractivity contribution is -0.125. The monoisotopic (exact) mass is 291 g/mol. The molecule has 1 saturated heterocycles. The van der Waals surface area contributed by atoms with E-state index < -0.39 is 0 Å². The fourth-order valence-corrected chi connectivity index (χ4v) is 3.79. The van der Waals surface area contributed by atoms with Crippen molar-refractivity contribution in [3.05, 3.63) is 23.7 Å². The van der Waals surface area contributed by atoms with Crippen LogP contribution in [0.2, 0.25) is 0 Å². The molecule has 1 aromatic heterocycles. The van der Waals surface area contributed by atoms with Gasteiger partial charge in [0, 0.05) is 36.6 Å². The number of aromatic nitrogens is 1. The zero-order chi connectivity index (χ0) is 13.8. The molecule has 2 atom stereocenters. The highest BCUT2D eigenvalue weighted by atomic mass is 32.1. The van der Waals surface area contributed by atoms with Gasteiger partial charge in [-0.15, -0.1) is 11.3 Å². The molecule has 1 N–H and O–H groups in total. The minimum atomic E-state index is 0.176. The average Bonchev–Trinajstić information content (AvgIpc) is 3.16. The van der Waals surface area contributed by atoms with Crippen molar-refractivity contribution in [2.24, 2.45) is 5.92 Å². The van der Waals surface area contributed by atoms with Crippen LogP contribution in [0.15, 0.2) is 23.7 Å². The molecule has 0 spiro atoms. The molecule has 1 aliphatic carbocycles. The molecule has 5 heteroatoms. The summed E-state index contributed by atoms with van der Waals surface area (Å²) in [6.07, 6.45) is 11.4. The Kier molecular flexibility index (Phi) is 4.35. The van der Waals surface area contributed by atoms with Gasteiger partial charge in [-0.05, 0) is 32.1 Å². The van der Waals surface area contributed by atoms with E-state index >= 15 is 0 Å².